The highest BCUT2D eigenvalue weighted by Gasteiger charge is 2.37. The number of ketones is 1. The van der Waals surface area contributed by atoms with E-state index in [-0.39, 0.29) is 30.0 Å². The molecule has 0 amide bonds. The van der Waals surface area contributed by atoms with E-state index in [1.165, 1.54) is 6.07 Å². The zero-order valence-corrected chi connectivity index (χ0v) is 18.2. The van der Waals surface area contributed by atoms with Crippen LogP contribution in [-0.4, -0.2) is 12.9 Å². The first-order valence-corrected chi connectivity index (χ1v) is 10.9. The Labute approximate surface area is 191 Å². The third-order valence-electron chi connectivity index (χ3n) is 6.17. The average molecular weight is 449 g/mol. The van der Waals surface area contributed by atoms with Gasteiger partial charge in [0, 0.05) is 34.2 Å². The number of hydrogen-bond acceptors (Lipinski definition) is 4. The quantitative estimate of drug-likeness (QED) is 0.482. The number of Topliss-reactive ketones (excluding diaryl/α,β-unsaturated/α-hetero) is 1. The topological polar surface area (TPSA) is 50.4 Å². The summed E-state index contributed by atoms with van der Waals surface area (Å²) in [5, 5.41) is 7.35. The molecule has 1 aliphatic heterocycles. The van der Waals surface area contributed by atoms with E-state index in [9.17, 15) is 9.18 Å². The lowest BCUT2D eigenvalue weighted by Crippen LogP contribution is -2.27. The standard InChI is InChI=1S/C26H22ClFN2O2/c1-32-17-11-9-15(10-12-17)26-25-22(29-20-7-2-3-8-21(20)30-26)13-16(14-23(25)31)24-18(27)5-4-6-19(24)28/h2-12,16,26,29-30H,13-14H2,1H3/t16-,26-/m0/s1. The van der Waals surface area contributed by atoms with Gasteiger partial charge in [0.1, 0.15) is 11.6 Å². The van der Waals surface area contributed by atoms with E-state index in [4.69, 9.17) is 16.3 Å². The lowest BCUT2D eigenvalue weighted by molar-refractivity contribution is -0.116. The minimum atomic E-state index is -0.377. The molecule has 2 aliphatic rings. The summed E-state index contributed by atoms with van der Waals surface area (Å²) in [6.07, 6.45) is 0.691. The second kappa shape index (κ2) is 8.32. The predicted molar refractivity (Wildman–Crippen MR) is 125 cm³/mol. The van der Waals surface area contributed by atoms with Crippen LogP contribution in [0.15, 0.2) is 78.0 Å². The molecule has 3 aromatic rings. The van der Waals surface area contributed by atoms with Crippen LogP contribution < -0.4 is 15.4 Å². The summed E-state index contributed by atoms with van der Waals surface area (Å²) in [5.74, 6) is 0.0194. The van der Waals surface area contributed by atoms with Gasteiger partial charge in [-0.3, -0.25) is 4.79 Å². The zero-order valence-electron chi connectivity index (χ0n) is 17.5. The lowest BCUT2D eigenvalue weighted by atomic mass is 9.78. The largest absolute Gasteiger partial charge is 0.497 e. The van der Waals surface area contributed by atoms with Crippen LogP contribution in [0.4, 0.5) is 15.8 Å². The molecule has 1 aliphatic carbocycles. The lowest BCUT2D eigenvalue weighted by Gasteiger charge is -2.30. The third-order valence-corrected chi connectivity index (χ3v) is 6.50. The monoisotopic (exact) mass is 448 g/mol. The van der Waals surface area contributed by atoms with E-state index < -0.39 is 0 Å². The van der Waals surface area contributed by atoms with Gasteiger partial charge in [0.15, 0.2) is 5.78 Å². The van der Waals surface area contributed by atoms with Gasteiger partial charge in [-0.2, -0.15) is 0 Å². The first-order valence-electron chi connectivity index (χ1n) is 10.5. The van der Waals surface area contributed by atoms with E-state index in [0.29, 0.717) is 22.6 Å². The second-order valence-electron chi connectivity index (χ2n) is 8.08. The molecule has 0 fully saturated rings. The molecular formula is C26H22ClFN2O2. The highest BCUT2D eigenvalue weighted by molar-refractivity contribution is 6.31. The molecular weight excluding hydrogens is 427 g/mol. The molecule has 6 heteroatoms. The van der Waals surface area contributed by atoms with Crippen molar-refractivity contribution in [1.82, 2.24) is 0 Å². The van der Waals surface area contributed by atoms with Crippen molar-refractivity contribution in [2.45, 2.75) is 24.8 Å². The Bertz CT molecular complexity index is 1200. The Kier molecular flexibility index (Phi) is 5.35. The van der Waals surface area contributed by atoms with Crippen molar-refractivity contribution in [2.75, 3.05) is 17.7 Å². The van der Waals surface area contributed by atoms with Crippen LogP contribution >= 0.6 is 11.6 Å². The number of para-hydroxylation sites is 2. The molecule has 2 N–H and O–H groups in total. The summed E-state index contributed by atoms with van der Waals surface area (Å²) in [4.78, 5) is 13.5. The molecule has 162 valence electrons. The van der Waals surface area contributed by atoms with Crippen LogP contribution in [0, 0.1) is 5.82 Å². The molecule has 5 rings (SSSR count). The minimum absolute atomic E-state index is 0.0239. The van der Waals surface area contributed by atoms with Gasteiger partial charge < -0.3 is 15.4 Å². The van der Waals surface area contributed by atoms with Gasteiger partial charge in [-0.1, -0.05) is 41.9 Å². The molecule has 0 aromatic heterocycles. The fourth-order valence-corrected chi connectivity index (χ4v) is 4.96. The van der Waals surface area contributed by atoms with E-state index >= 15 is 0 Å². The number of rotatable bonds is 3. The fraction of sp³-hybridized carbons (Fsp3) is 0.192. The van der Waals surface area contributed by atoms with Crippen molar-refractivity contribution in [2.24, 2.45) is 0 Å². The van der Waals surface area contributed by atoms with Gasteiger partial charge >= 0.3 is 0 Å². The normalized spacial score (nSPS) is 19.9. The maximum atomic E-state index is 14.7. The third kappa shape index (κ3) is 3.63. The Morgan fingerprint density at radius 2 is 1.72 bits per heavy atom. The van der Waals surface area contributed by atoms with Crippen LogP contribution in [0.3, 0.4) is 0 Å². The van der Waals surface area contributed by atoms with Crippen molar-refractivity contribution in [3.8, 4) is 5.75 Å². The molecule has 1 heterocycles. The van der Waals surface area contributed by atoms with Crippen molar-refractivity contribution < 1.29 is 13.9 Å². The summed E-state index contributed by atoms with van der Waals surface area (Å²) in [5.41, 5.74) is 4.61. The number of benzene rings is 3. The van der Waals surface area contributed by atoms with Crippen LogP contribution in [0.1, 0.15) is 35.9 Å². The van der Waals surface area contributed by atoms with Crippen molar-refractivity contribution >= 4 is 28.8 Å². The molecule has 2 atom stereocenters. The van der Waals surface area contributed by atoms with Gasteiger partial charge in [0.25, 0.3) is 0 Å². The number of fused-ring (bicyclic) bond motifs is 1. The van der Waals surface area contributed by atoms with Gasteiger partial charge in [0.05, 0.1) is 24.5 Å². The average Bonchev–Trinajstić information content (AvgIpc) is 2.96. The van der Waals surface area contributed by atoms with E-state index in [2.05, 4.69) is 10.6 Å². The van der Waals surface area contributed by atoms with Crippen molar-refractivity contribution in [3.05, 3.63) is 100.0 Å². The van der Waals surface area contributed by atoms with Crippen LogP contribution in [0.25, 0.3) is 0 Å². The molecule has 0 saturated carbocycles. The minimum Gasteiger partial charge on any atom is -0.497 e. The van der Waals surface area contributed by atoms with Crippen LogP contribution in [-0.2, 0) is 4.79 Å². The maximum absolute atomic E-state index is 14.7. The van der Waals surface area contributed by atoms with Crippen molar-refractivity contribution in [3.63, 3.8) is 0 Å². The number of anilines is 2. The Morgan fingerprint density at radius 1 is 0.969 bits per heavy atom. The number of halogens is 2. The van der Waals surface area contributed by atoms with Crippen LogP contribution in [0.5, 0.6) is 5.75 Å². The number of allylic oxidation sites excluding steroid dienone is 1. The molecule has 32 heavy (non-hydrogen) atoms. The summed E-state index contributed by atoms with van der Waals surface area (Å²) in [7, 11) is 1.62. The highest BCUT2D eigenvalue weighted by Crippen LogP contribution is 2.45. The number of carbonyl (C=O) groups excluding carboxylic acids is 1. The van der Waals surface area contributed by atoms with Gasteiger partial charge in [0.2, 0.25) is 0 Å². The zero-order chi connectivity index (χ0) is 22.2. The van der Waals surface area contributed by atoms with E-state index in [0.717, 1.165) is 28.4 Å². The smallest absolute Gasteiger partial charge is 0.163 e. The van der Waals surface area contributed by atoms with Crippen molar-refractivity contribution in [1.29, 1.82) is 0 Å². The first-order chi connectivity index (χ1) is 15.5. The highest BCUT2D eigenvalue weighted by atomic mass is 35.5. The molecule has 0 spiro atoms. The SMILES string of the molecule is COc1ccc([C@@H]2Nc3ccccc3NC3=C2C(=O)C[C@@H](c2c(F)cccc2Cl)C3)cc1. The molecule has 0 unspecified atom stereocenters. The number of nitrogens with one attached hydrogen (secondary N) is 2. The summed E-state index contributed by atoms with van der Waals surface area (Å²) in [6.45, 7) is 0. The molecule has 0 radical (unpaired) electrons. The number of ether oxygens (including phenoxy) is 1. The summed E-state index contributed by atoms with van der Waals surface area (Å²) >= 11 is 6.34. The first kappa shape index (κ1) is 20.6. The van der Waals surface area contributed by atoms with Crippen LogP contribution in [0.2, 0.25) is 5.02 Å². The number of carbonyl (C=O) groups is 1. The fourth-order valence-electron chi connectivity index (χ4n) is 4.64. The number of methoxy groups -OCH3 is 1. The molecule has 0 bridgehead atoms. The van der Waals surface area contributed by atoms with Gasteiger partial charge in [-0.15, -0.1) is 0 Å². The molecule has 4 nitrogen and oxygen atoms in total. The summed E-state index contributed by atoms with van der Waals surface area (Å²) in [6, 6.07) is 19.8. The number of hydrogen-bond donors (Lipinski definition) is 2. The Hall–Kier alpha value is -3.31. The summed E-state index contributed by atoms with van der Waals surface area (Å²) < 4.78 is 20.0. The Morgan fingerprint density at radius 3 is 2.44 bits per heavy atom. The second-order valence-corrected chi connectivity index (χ2v) is 8.48. The van der Waals surface area contributed by atoms with Gasteiger partial charge in [-0.05, 0) is 48.4 Å². The maximum Gasteiger partial charge on any atom is 0.163 e. The Balaban J connectivity index is 1.61. The molecule has 3 aromatic carbocycles. The van der Waals surface area contributed by atoms with E-state index in [1.54, 1.807) is 19.2 Å². The van der Waals surface area contributed by atoms with E-state index in [1.807, 2.05) is 48.5 Å². The molecule has 0 saturated heterocycles. The van der Waals surface area contributed by atoms with Gasteiger partial charge in [-0.25, -0.2) is 4.39 Å². The predicted octanol–water partition coefficient (Wildman–Crippen LogP) is 6.47.